The first kappa shape index (κ1) is 21.9. The van der Waals surface area contributed by atoms with Crippen LogP contribution in [0.5, 0.6) is 5.75 Å². The van der Waals surface area contributed by atoms with Gasteiger partial charge in [-0.05, 0) is 49.0 Å². The Morgan fingerprint density at radius 3 is 2.87 bits per heavy atom. The molecule has 1 N–H and O–H groups in total. The van der Waals surface area contributed by atoms with Gasteiger partial charge in [-0.15, -0.1) is 0 Å². The predicted octanol–water partition coefficient (Wildman–Crippen LogP) is 3.76. The molecule has 31 heavy (non-hydrogen) atoms. The number of carbonyl (C=O) groups excluding carboxylic acids is 1. The molecular formula is C24H29N3O3S. The topological polar surface area (TPSA) is 63.7 Å². The summed E-state index contributed by atoms with van der Waals surface area (Å²) < 4.78 is 17.3. The van der Waals surface area contributed by atoms with Gasteiger partial charge in [-0.25, -0.2) is 0 Å². The summed E-state index contributed by atoms with van der Waals surface area (Å²) in [6.07, 6.45) is 2.69. The van der Waals surface area contributed by atoms with E-state index in [2.05, 4.69) is 38.9 Å². The standard InChI is InChI=1S/C24H29N3O3S/c1-29-19-7-4-6-18(16-19)22(28)17-30-24(27-14-12-25-13-15-27)11-5-9-21-20-8-2-3-10-23(20)31-26-21/h2-4,6-8,10,16,24-25H,5,9,11-15,17H2,1H3. The van der Waals surface area contributed by atoms with Crippen LogP contribution >= 0.6 is 11.5 Å². The molecule has 0 amide bonds. The third-order valence-electron chi connectivity index (χ3n) is 5.67. The third-order valence-corrected chi connectivity index (χ3v) is 6.54. The number of piperazine rings is 1. The summed E-state index contributed by atoms with van der Waals surface area (Å²) in [6.45, 7) is 3.82. The fourth-order valence-corrected chi connectivity index (χ4v) is 4.78. The normalized spacial score (nSPS) is 15.8. The fraction of sp³-hybridized carbons (Fsp3) is 0.417. The van der Waals surface area contributed by atoms with Crippen molar-refractivity contribution in [2.75, 3.05) is 39.9 Å². The highest BCUT2D eigenvalue weighted by atomic mass is 32.1. The van der Waals surface area contributed by atoms with Crippen molar-refractivity contribution < 1.29 is 14.3 Å². The molecule has 164 valence electrons. The Hall–Kier alpha value is -2.32. The highest BCUT2D eigenvalue weighted by Gasteiger charge is 2.22. The maximum Gasteiger partial charge on any atom is 0.188 e. The smallest absolute Gasteiger partial charge is 0.188 e. The number of aryl methyl sites for hydroxylation is 1. The van der Waals surface area contributed by atoms with Crippen molar-refractivity contribution in [1.29, 1.82) is 0 Å². The number of carbonyl (C=O) groups is 1. The first-order chi connectivity index (χ1) is 15.2. The number of nitrogens with one attached hydrogen (secondary N) is 1. The van der Waals surface area contributed by atoms with E-state index in [1.54, 1.807) is 30.8 Å². The minimum absolute atomic E-state index is 0.0236. The van der Waals surface area contributed by atoms with Crippen LogP contribution in [0.25, 0.3) is 10.1 Å². The lowest BCUT2D eigenvalue weighted by atomic mass is 10.1. The molecular weight excluding hydrogens is 410 g/mol. The van der Waals surface area contributed by atoms with Crippen LogP contribution in [0.4, 0.5) is 0 Å². The number of hydrogen-bond donors (Lipinski definition) is 1. The molecule has 1 unspecified atom stereocenters. The number of rotatable bonds is 10. The van der Waals surface area contributed by atoms with Crippen LogP contribution in [-0.2, 0) is 11.2 Å². The van der Waals surface area contributed by atoms with E-state index in [1.165, 1.54) is 10.1 Å². The molecule has 6 nitrogen and oxygen atoms in total. The highest BCUT2D eigenvalue weighted by molar-refractivity contribution is 7.13. The van der Waals surface area contributed by atoms with Gasteiger partial charge in [0, 0.05) is 37.1 Å². The largest absolute Gasteiger partial charge is 0.497 e. The van der Waals surface area contributed by atoms with Gasteiger partial charge in [0.1, 0.15) is 18.6 Å². The van der Waals surface area contributed by atoms with E-state index in [0.29, 0.717) is 11.3 Å². The first-order valence-corrected chi connectivity index (χ1v) is 11.6. The van der Waals surface area contributed by atoms with E-state index in [1.807, 2.05) is 12.1 Å². The quantitative estimate of drug-likeness (QED) is 0.486. The Kier molecular flexibility index (Phi) is 7.64. The van der Waals surface area contributed by atoms with Crippen molar-refractivity contribution >= 4 is 27.4 Å². The Morgan fingerprint density at radius 1 is 1.19 bits per heavy atom. The number of aromatic nitrogens is 1. The average molecular weight is 440 g/mol. The number of benzene rings is 2. The van der Waals surface area contributed by atoms with E-state index in [0.717, 1.165) is 51.1 Å². The van der Waals surface area contributed by atoms with Gasteiger partial charge < -0.3 is 14.8 Å². The van der Waals surface area contributed by atoms with Gasteiger partial charge >= 0.3 is 0 Å². The van der Waals surface area contributed by atoms with Crippen molar-refractivity contribution in [1.82, 2.24) is 14.6 Å². The molecule has 1 fully saturated rings. The van der Waals surface area contributed by atoms with Crippen molar-refractivity contribution in [3.8, 4) is 5.75 Å². The van der Waals surface area contributed by atoms with Crippen LogP contribution < -0.4 is 10.1 Å². The summed E-state index contributed by atoms with van der Waals surface area (Å²) in [7, 11) is 1.60. The van der Waals surface area contributed by atoms with Crippen molar-refractivity contribution in [2.45, 2.75) is 25.5 Å². The highest BCUT2D eigenvalue weighted by Crippen LogP contribution is 2.24. The van der Waals surface area contributed by atoms with Crippen LogP contribution in [0.2, 0.25) is 0 Å². The molecule has 3 aromatic rings. The molecule has 0 aliphatic carbocycles. The molecule has 1 atom stereocenters. The minimum Gasteiger partial charge on any atom is -0.497 e. The number of nitrogens with zero attached hydrogens (tertiary/aromatic N) is 2. The van der Waals surface area contributed by atoms with E-state index >= 15 is 0 Å². The Morgan fingerprint density at radius 2 is 2.03 bits per heavy atom. The molecule has 1 aliphatic heterocycles. The molecule has 2 aromatic carbocycles. The van der Waals surface area contributed by atoms with Crippen LogP contribution in [0, 0.1) is 0 Å². The van der Waals surface area contributed by atoms with Gasteiger partial charge in [-0.1, -0.05) is 30.3 Å². The SMILES string of the molecule is COc1cccc(C(=O)COC(CCCc2nsc3ccccc23)N2CCNCC2)c1. The Balaban J connectivity index is 1.36. The molecule has 0 radical (unpaired) electrons. The van der Waals surface area contributed by atoms with Crippen LogP contribution in [0.15, 0.2) is 48.5 Å². The summed E-state index contributed by atoms with van der Waals surface area (Å²) >= 11 is 1.56. The van der Waals surface area contributed by atoms with Crippen LogP contribution in [0.3, 0.4) is 0 Å². The number of methoxy groups -OCH3 is 1. The van der Waals surface area contributed by atoms with Gasteiger partial charge in [-0.3, -0.25) is 9.69 Å². The average Bonchev–Trinajstić information content (AvgIpc) is 3.24. The summed E-state index contributed by atoms with van der Waals surface area (Å²) in [5.74, 6) is 0.657. The molecule has 1 aliphatic rings. The number of hydrogen-bond acceptors (Lipinski definition) is 7. The second-order valence-electron chi connectivity index (χ2n) is 7.72. The maximum absolute atomic E-state index is 12.7. The van der Waals surface area contributed by atoms with E-state index in [9.17, 15) is 4.79 Å². The summed E-state index contributed by atoms with van der Waals surface area (Å²) in [5.41, 5.74) is 1.78. The van der Waals surface area contributed by atoms with Gasteiger partial charge in [-0.2, -0.15) is 4.37 Å². The van der Waals surface area contributed by atoms with Crippen LogP contribution in [0.1, 0.15) is 28.9 Å². The van der Waals surface area contributed by atoms with Crippen molar-refractivity contribution in [3.63, 3.8) is 0 Å². The fourth-order valence-electron chi connectivity index (χ4n) is 3.96. The number of fused-ring (bicyclic) bond motifs is 1. The summed E-state index contributed by atoms with van der Waals surface area (Å²) in [4.78, 5) is 15.0. The lowest BCUT2D eigenvalue weighted by Crippen LogP contribution is -2.49. The van der Waals surface area contributed by atoms with Gasteiger partial charge in [0.15, 0.2) is 5.78 Å². The zero-order chi connectivity index (χ0) is 21.5. The summed E-state index contributed by atoms with van der Waals surface area (Å²) in [5, 5.41) is 4.64. The van der Waals surface area contributed by atoms with Crippen LogP contribution in [-0.4, -0.2) is 61.2 Å². The predicted molar refractivity (Wildman–Crippen MR) is 124 cm³/mol. The van der Waals surface area contributed by atoms with Gasteiger partial charge in [0.25, 0.3) is 0 Å². The molecule has 1 saturated heterocycles. The molecule has 0 saturated carbocycles. The monoisotopic (exact) mass is 439 g/mol. The maximum atomic E-state index is 12.7. The molecule has 4 rings (SSSR count). The van der Waals surface area contributed by atoms with E-state index < -0.39 is 0 Å². The molecule has 7 heteroatoms. The molecule has 0 spiro atoms. The van der Waals surface area contributed by atoms with Crippen molar-refractivity contribution in [2.24, 2.45) is 0 Å². The third kappa shape index (κ3) is 5.68. The van der Waals surface area contributed by atoms with Gasteiger partial charge in [0.2, 0.25) is 0 Å². The molecule has 2 heterocycles. The summed E-state index contributed by atoms with van der Waals surface area (Å²) in [6, 6.07) is 15.6. The molecule has 1 aromatic heterocycles. The Labute approximate surface area is 187 Å². The van der Waals surface area contributed by atoms with Gasteiger partial charge in [0.05, 0.1) is 17.5 Å². The van der Waals surface area contributed by atoms with E-state index in [4.69, 9.17) is 9.47 Å². The zero-order valence-electron chi connectivity index (χ0n) is 17.9. The number of ketones is 1. The Bertz CT molecular complexity index is 1000. The van der Waals surface area contributed by atoms with E-state index in [-0.39, 0.29) is 18.6 Å². The number of ether oxygens (including phenoxy) is 2. The van der Waals surface area contributed by atoms with Crippen molar-refractivity contribution in [3.05, 3.63) is 59.8 Å². The second kappa shape index (κ2) is 10.8. The number of Topliss-reactive ketones (excluding diaryl/α,β-unsaturated/α-hetero) is 1. The second-order valence-corrected chi connectivity index (χ2v) is 8.53. The first-order valence-electron chi connectivity index (χ1n) is 10.8. The molecule has 0 bridgehead atoms. The minimum atomic E-state index is -0.0680. The zero-order valence-corrected chi connectivity index (χ0v) is 18.7. The lowest BCUT2D eigenvalue weighted by molar-refractivity contribution is -0.0612. The lowest BCUT2D eigenvalue weighted by Gasteiger charge is -2.34.